The van der Waals surface area contributed by atoms with Crippen molar-refractivity contribution in [3.8, 4) is 5.75 Å². The zero-order valence-electron chi connectivity index (χ0n) is 14.7. The number of aryl methyl sites for hydroxylation is 1. The highest BCUT2D eigenvalue weighted by Crippen LogP contribution is 2.20. The molecule has 2 aromatic rings. The molecule has 25 heavy (non-hydrogen) atoms. The van der Waals surface area contributed by atoms with Crippen molar-refractivity contribution in [3.63, 3.8) is 0 Å². The quantitative estimate of drug-likeness (QED) is 0.621. The van der Waals surface area contributed by atoms with E-state index in [0.29, 0.717) is 19.1 Å². The molecule has 0 radical (unpaired) electrons. The van der Waals surface area contributed by atoms with Crippen LogP contribution in [-0.4, -0.2) is 19.6 Å². The molecule has 0 aromatic heterocycles. The molecular weight excluding hydrogens is 324 g/mol. The van der Waals surface area contributed by atoms with Gasteiger partial charge in [-0.2, -0.15) is 0 Å². The molecule has 0 bridgehead atoms. The molecule has 0 spiro atoms. The molecule has 6 heteroatoms. The maximum absolute atomic E-state index is 13.7. The van der Waals surface area contributed by atoms with Gasteiger partial charge in [0.05, 0.1) is 6.61 Å². The summed E-state index contributed by atoms with van der Waals surface area (Å²) >= 11 is 0. The second-order valence-corrected chi connectivity index (χ2v) is 5.56. The van der Waals surface area contributed by atoms with Crippen molar-refractivity contribution in [1.82, 2.24) is 10.6 Å². The Morgan fingerprint density at radius 2 is 1.76 bits per heavy atom. The van der Waals surface area contributed by atoms with Crippen LogP contribution in [0.25, 0.3) is 0 Å². The molecule has 0 fully saturated rings. The Morgan fingerprint density at radius 3 is 2.44 bits per heavy atom. The average molecular weight is 347 g/mol. The second-order valence-electron chi connectivity index (χ2n) is 5.56. The Hall–Kier alpha value is -2.63. The predicted molar refractivity (Wildman–Crippen MR) is 95.7 cm³/mol. The van der Waals surface area contributed by atoms with Crippen LogP contribution < -0.4 is 15.4 Å². The number of hydrogen-bond acceptors (Lipinski definition) is 2. The highest BCUT2D eigenvalue weighted by atomic mass is 19.1. The first kappa shape index (κ1) is 18.7. The van der Waals surface area contributed by atoms with Gasteiger partial charge in [0.25, 0.3) is 0 Å². The number of ether oxygens (including phenoxy) is 1. The molecule has 0 saturated heterocycles. The van der Waals surface area contributed by atoms with Crippen LogP contribution in [0.5, 0.6) is 5.75 Å². The van der Waals surface area contributed by atoms with Crippen molar-refractivity contribution in [2.75, 3.05) is 13.7 Å². The van der Waals surface area contributed by atoms with Crippen LogP contribution in [0, 0.1) is 18.6 Å². The number of nitrogens with zero attached hydrogens (tertiary/aromatic N) is 1. The van der Waals surface area contributed by atoms with Crippen molar-refractivity contribution in [3.05, 3.63) is 64.7 Å². The molecule has 2 aromatic carbocycles. The average Bonchev–Trinajstić information content (AvgIpc) is 2.59. The van der Waals surface area contributed by atoms with E-state index in [0.717, 1.165) is 29.0 Å². The molecule has 134 valence electrons. The summed E-state index contributed by atoms with van der Waals surface area (Å²) in [4.78, 5) is 4.10. The lowest BCUT2D eigenvalue weighted by molar-refractivity contribution is 0.336. The molecular formula is C19H23F2N3O. The molecule has 0 saturated carbocycles. The zero-order chi connectivity index (χ0) is 18.2. The highest BCUT2D eigenvalue weighted by Gasteiger charge is 2.07. The van der Waals surface area contributed by atoms with Crippen molar-refractivity contribution >= 4 is 5.96 Å². The van der Waals surface area contributed by atoms with Gasteiger partial charge >= 0.3 is 0 Å². The van der Waals surface area contributed by atoms with E-state index in [-0.39, 0.29) is 12.1 Å². The summed E-state index contributed by atoms with van der Waals surface area (Å²) < 4.78 is 32.5. The van der Waals surface area contributed by atoms with Gasteiger partial charge in [0.2, 0.25) is 0 Å². The van der Waals surface area contributed by atoms with E-state index in [4.69, 9.17) is 4.74 Å². The van der Waals surface area contributed by atoms with Crippen LogP contribution in [-0.2, 0) is 13.1 Å². The fourth-order valence-corrected chi connectivity index (χ4v) is 2.35. The molecule has 0 aliphatic rings. The normalized spacial score (nSPS) is 11.3. The minimum Gasteiger partial charge on any atom is -0.494 e. The Labute approximate surface area is 146 Å². The molecule has 0 atom stereocenters. The number of rotatable bonds is 6. The molecule has 2 N–H and O–H groups in total. The highest BCUT2D eigenvalue weighted by molar-refractivity contribution is 5.79. The monoisotopic (exact) mass is 347 g/mol. The van der Waals surface area contributed by atoms with E-state index in [9.17, 15) is 8.78 Å². The van der Waals surface area contributed by atoms with Crippen LogP contribution >= 0.6 is 0 Å². The minimum absolute atomic E-state index is 0.134. The van der Waals surface area contributed by atoms with Crippen LogP contribution in [0.4, 0.5) is 8.78 Å². The summed E-state index contributed by atoms with van der Waals surface area (Å²) in [5.41, 5.74) is 2.36. The van der Waals surface area contributed by atoms with Gasteiger partial charge in [0, 0.05) is 31.3 Å². The Morgan fingerprint density at radius 1 is 1.04 bits per heavy atom. The fourth-order valence-electron chi connectivity index (χ4n) is 2.35. The molecule has 0 amide bonds. The van der Waals surface area contributed by atoms with Gasteiger partial charge in [-0.15, -0.1) is 0 Å². The number of benzene rings is 2. The van der Waals surface area contributed by atoms with Gasteiger partial charge in [0.1, 0.15) is 17.4 Å². The van der Waals surface area contributed by atoms with Crippen LogP contribution in [0.2, 0.25) is 0 Å². The van der Waals surface area contributed by atoms with Crippen LogP contribution in [0.15, 0.2) is 41.4 Å². The fraction of sp³-hybridized carbons (Fsp3) is 0.316. The summed E-state index contributed by atoms with van der Waals surface area (Å²) in [5, 5.41) is 6.13. The van der Waals surface area contributed by atoms with E-state index in [2.05, 4.69) is 15.6 Å². The van der Waals surface area contributed by atoms with E-state index in [1.54, 1.807) is 7.05 Å². The first-order chi connectivity index (χ1) is 12.0. The SMILES string of the molecule is CCOc1cc(C)ccc1CNC(=NC)NCc1cc(F)ccc1F. The van der Waals surface area contributed by atoms with Gasteiger partial charge in [-0.25, -0.2) is 8.78 Å². The topological polar surface area (TPSA) is 45.6 Å². The minimum atomic E-state index is -0.470. The van der Waals surface area contributed by atoms with Crippen molar-refractivity contribution in [2.45, 2.75) is 26.9 Å². The number of aliphatic imine (C=N–C) groups is 1. The van der Waals surface area contributed by atoms with Crippen molar-refractivity contribution in [1.29, 1.82) is 0 Å². The number of guanidine groups is 1. The van der Waals surface area contributed by atoms with Gasteiger partial charge in [-0.3, -0.25) is 4.99 Å². The number of hydrogen-bond donors (Lipinski definition) is 2. The number of nitrogens with one attached hydrogen (secondary N) is 2. The first-order valence-corrected chi connectivity index (χ1v) is 8.14. The van der Waals surface area contributed by atoms with Gasteiger partial charge in [-0.1, -0.05) is 12.1 Å². The molecule has 0 heterocycles. The van der Waals surface area contributed by atoms with E-state index < -0.39 is 11.6 Å². The maximum atomic E-state index is 13.7. The lowest BCUT2D eigenvalue weighted by atomic mass is 10.1. The van der Waals surface area contributed by atoms with Crippen molar-refractivity contribution in [2.24, 2.45) is 4.99 Å². The largest absolute Gasteiger partial charge is 0.494 e. The Kier molecular flexibility index (Phi) is 6.74. The zero-order valence-corrected chi connectivity index (χ0v) is 14.7. The van der Waals surface area contributed by atoms with Crippen LogP contribution in [0.3, 0.4) is 0 Å². The van der Waals surface area contributed by atoms with Crippen LogP contribution in [0.1, 0.15) is 23.6 Å². The third-order valence-electron chi connectivity index (χ3n) is 3.65. The number of halogens is 2. The summed E-state index contributed by atoms with van der Waals surface area (Å²) in [5.74, 6) is 0.386. The molecule has 0 aliphatic carbocycles. The van der Waals surface area contributed by atoms with E-state index in [1.165, 1.54) is 6.07 Å². The van der Waals surface area contributed by atoms with E-state index in [1.807, 2.05) is 32.0 Å². The lowest BCUT2D eigenvalue weighted by Gasteiger charge is -2.15. The third kappa shape index (κ3) is 5.45. The Balaban J connectivity index is 1.98. The maximum Gasteiger partial charge on any atom is 0.191 e. The molecule has 0 aliphatic heterocycles. The molecule has 2 rings (SSSR count). The summed E-state index contributed by atoms with van der Waals surface area (Å²) in [7, 11) is 1.62. The molecule has 0 unspecified atom stereocenters. The van der Waals surface area contributed by atoms with E-state index >= 15 is 0 Å². The molecule has 4 nitrogen and oxygen atoms in total. The Bertz CT molecular complexity index is 747. The standard InChI is InChI=1S/C19H23F2N3O/c1-4-25-18-9-13(2)5-6-14(18)11-23-19(22-3)24-12-15-10-16(20)7-8-17(15)21/h5-10H,4,11-12H2,1-3H3,(H2,22,23,24). The summed E-state index contributed by atoms with van der Waals surface area (Å²) in [6.07, 6.45) is 0. The summed E-state index contributed by atoms with van der Waals surface area (Å²) in [6.45, 7) is 5.17. The lowest BCUT2D eigenvalue weighted by Crippen LogP contribution is -2.36. The van der Waals surface area contributed by atoms with Crippen molar-refractivity contribution < 1.29 is 13.5 Å². The van der Waals surface area contributed by atoms with Gasteiger partial charge in [0.15, 0.2) is 5.96 Å². The van der Waals surface area contributed by atoms with Gasteiger partial charge < -0.3 is 15.4 Å². The summed E-state index contributed by atoms with van der Waals surface area (Å²) in [6, 6.07) is 9.37. The first-order valence-electron chi connectivity index (χ1n) is 8.14. The third-order valence-corrected chi connectivity index (χ3v) is 3.65. The predicted octanol–water partition coefficient (Wildman–Crippen LogP) is 3.54. The second kappa shape index (κ2) is 9.01. The van der Waals surface area contributed by atoms with Gasteiger partial charge in [-0.05, 0) is 43.7 Å². The smallest absolute Gasteiger partial charge is 0.191 e.